The molecule has 0 atom stereocenters. The molecular weight excluding hydrogens is 695 g/mol. The summed E-state index contributed by atoms with van der Waals surface area (Å²) < 4.78 is 0. The first kappa shape index (κ1) is 37.3. The number of amides is 3. The van der Waals surface area contributed by atoms with Gasteiger partial charge in [0.15, 0.2) is 0 Å². The zero-order valence-electron chi connectivity index (χ0n) is 31.7. The van der Waals surface area contributed by atoms with Crippen LogP contribution in [0.1, 0.15) is 44.6 Å². The molecule has 0 bridgehead atoms. The lowest BCUT2D eigenvalue weighted by molar-refractivity contribution is 0.0967. The number of benzene rings is 7. The van der Waals surface area contributed by atoms with E-state index in [1.165, 1.54) is 22.8 Å². The number of aryl methyl sites for hydroxylation is 5. The van der Waals surface area contributed by atoms with E-state index in [0.717, 1.165) is 47.5 Å². The van der Waals surface area contributed by atoms with E-state index < -0.39 is 11.9 Å². The highest BCUT2D eigenvalue weighted by molar-refractivity contribution is 6.10. The highest BCUT2D eigenvalue weighted by Gasteiger charge is 2.15. The van der Waals surface area contributed by atoms with Crippen LogP contribution in [0.25, 0.3) is 10.8 Å². The molecule has 0 aliphatic rings. The van der Waals surface area contributed by atoms with E-state index >= 15 is 0 Å². The van der Waals surface area contributed by atoms with Gasteiger partial charge in [-0.3, -0.25) is 10.1 Å². The molecule has 0 fully saturated rings. The molecule has 3 N–H and O–H groups in total. The minimum atomic E-state index is -0.632. The first-order valence-electron chi connectivity index (χ1n) is 18.7. The Balaban J connectivity index is 0.918. The number of imide groups is 1. The second-order valence-corrected chi connectivity index (χ2v) is 14.0. The quantitative estimate of drug-likeness (QED) is 0.115. The molecule has 278 valence electrons. The molecule has 0 aliphatic carbocycles. The lowest BCUT2D eigenvalue weighted by Crippen LogP contribution is -2.34. The van der Waals surface area contributed by atoms with Crippen LogP contribution in [0, 0.1) is 20.8 Å². The fourth-order valence-electron chi connectivity index (χ4n) is 6.65. The van der Waals surface area contributed by atoms with Gasteiger partial charge in [-0.25, -0.2) is 4.79 Å². The second kappa shape index (κ2) is 17.0. The van der Waals surface area contributed by atoms with Gasteiger partial charge in [-0.05, 0) is 147 Å². The SMILES string of the molecule is Cc1ccc(N=Nc2c(O)ccc3cc(C(=O)NC(=O)Nc4ccc(CCCc5ccc(N(c6cccc(C)c6)c6cccc(C)c6)cc5)cc4)ccc23)cc1. The summed E-state index contributed by atoms with van der Waals surface area (Å²) in [6.07, 6.45) is 2.80. The van der Waals surface area contributed by atoms with E-state index in [4.69, 9.17) is 0 Å². The summed E-state index contributed by atoms with van der Waals surface area (Å²) >= 11 is 0. The van der Waals surface area contributed by atoms with Gasteiger partial charge in [0.05, 0.1) is 5.69 Å². The summed E-state index contributed by atoms with van der Waals surface area (Å²) in [5, 5.41) is 25.5. The molecule has 8 nitrogen and oxygen atoms in total. The minimum absolute atomic E-state index is 0.0264. The maximum atomic E-state index is 13.0. The van der Waals surface area contributed by atoms with Crippen LogP contribution in [0.3, 0.4) is 0 Å². The third-order valence-corrected chi connectivity index (χ3v) is 9.62. The lowest BCUT2D eigenvalue weighted by Gasteiger charge is -2.26. The molecule has 7 rings (SSSR count). The van der Waals surface area contributed by atoms with Gasteiger partial charge in [0.25, 0.3) is 5.91 Å². The smallest absolute Gasteiger partial charge is 0.326 e. The number of phenolic OH excluding ortho intramolecular Hbond substituents is 1. The molecule has 8 heteroatoms. The predicted octanol–water partition coefficient (Wildman–Crippen LogP) is 12.5. The maximum Gasteiger partial charge on any atom is 0.326 e. The summed E-state index contributed by atoms with van der Waals surface area (Å²) in [4.78, 5) is 28.1. The van der Waals surface area contributed by atoms with Crippen molar-refractivity contribution in [3.05, 3.63) is 185 Å². The van der Waals surface area contributed by atoms with Crippen molar-refractivity contribution in [2.75, 3.05) is 10.2 Å². The van der Waals surface area contributed by atoms with Crippen molar-refractivity contribution in [1.29, 1.82) is 0 Å². The largest absolute Gasteiger partial charge is 0.506 e. The molecule has 3 amide bonds. The van der Waals surface area contributed by atoms with Crippen molar-refractivity contribution in [3.63, 3.8) is 0 Å². The maximum absolute atomic E-state index is 13.0. The Kier molecular flexibility index (Phi) is 11.3. The number of hydrogen-bond acceptors (Lipinski definition) is 6. The number of carbonyl (C=O) groups excluding carboxylic acids is 2. The number of fused-ring (bicyclic) bond motifs is 1. The van der Waals surface area contributed by atoms with Crippen molar-refractivity contribution < 1.29 is 14.7 Å². The minimum Gasteiger partial charge on any atom is -0.506 e. The molecule has 0 unspecified atom stereocenters. The first-order valence-corrected chi connectivity index (χ1v) is 18.7. The Hall–Kier alpha value is -7.06. The molecule has 56 heavy (non-hydrogen) atoms. The van der Waals surface area contributed by atoms with Crippen molar-refractivity contribution in [3.8, 4) is 5.75 Å². The molecule has 0 spiro atoms. The zero-order chi connectivity index (χ0) is 39.0. The second-order valence-electron chi connectivity index (χ2n) is 14.0. The molecule has 7 aromatic carbocycles. The Morgan fingerprint density at radius 2 is 1.23 bits per heavy atom. The number of urea groups is 1. The van der Waals surface area contributed by atoms with Gasteiger partial charge < -0.3 is 15.3 Å². The molecule has 0 radical (unpaired) electrons. The third-order valence-electron chi connectivity index (χ3n) is 9.62. The number of aromatic hydroxyl groups is 1. The number of anilines is 4. The van der Waals surface area contributed by atoms with Gasteiger partial charge in [0.2, 0.25) is 0 Å². The molecule has 7 aromatic rings. The predicted molar refractivity (Wildman–Crippen MR) is 227 cm³/mol. The van der Waals surface area contributed by atoms with Crippen LogP contribution in [0.4, 0.5) is 38.9 Å². The monoisotopic (exact) mass is 737 g/mol. The Morgan fingerprint density at radius 3 is 1.86 bits per heavy atom. The molecule has 0 saturated heterocycles. The van der Waals surface area contributed by atoms with Gasteiger partial charge in [0, 0.05) is 33.7 Å². The number of nitrogens with zero attached hydrogens (tertiary/aromatic N) is 3. The van der Waals surface area contributed by atoms with E-state index in [1.807, 2.05) is 55.5 Å². The number of rotatable bonds is 11. The van der Waals surface area contributed by atoms with Crippen molar-refractivity contribution in [1.82, 2.24) is 5.32 Å². The molecule has 0 saturated carbocycles. The van der Waals surface area contributed by atoms with Crippen LogP contribution in [0.15, 0.2) is 162 Å². The number of azo groups is 1. The Bertz CT molecular complexity index is 2480. The fraction of sp³-hybridized carbons (Fsp3) is 0.125. The average Bonchev–Trinajstić information content (AvgIpc) is 3.19. The lowest BCUT2D eigenvalue weighted by atomic mass is 10.0. The highest BCUT2D eigenvalue weighted by Crippen LogP contribution is 2.37. The van der Waals surface area contributed by atoms with Gasteiger partial charge in [0.1, 0.15) is 11.4 Å². The summed E-state index contributed by atoms with van der Waals surface area (Å²) in [5.41, 5.74) is 11.2. The Morgan fingerprint density at radius 1 is 0.607 bits per heavy atom. The van der Waals surface area contributed by atoms with Crippen molar-refractivity contribution >= 4 is 56.8 Å². The standard InChI is InChI=1S/C48H43N5O3/c1-32-13-21-40(22-14-32)51-52-46-44-27-19-38(31-37(44)20-28-45(46)54)47(55)50-48(56)49-39-23-15-35(16-24-39)9-6-10-36-17-25-41(26-18-36)53(42-11-4-7-33(2)29-42)43-12-5-8-34(3)30-43/h4-5,7-8,11-31,54H,6,9-10H2,1-3H3,(H2,49,50,55,56). The van der Waals surface area contributed by atoms with Crippen molar-refractivity contribution in [2.24, 2.45) is 10.2 Å². The van der Waals surface area contributed by atoms with Gasteiger partial charge >= 0.3 is 6.03 Å². The van der Waals surface area contributed by atoms with Crippen LogP contribution < -0.4 is 15.5 Å². The fourth-order valence-corrected chi connectivity index (χ4v) is 6.65. The van der Waals surface area contributed by atoms with Gasteiger partial charge in [-0.1, -0.05) is 78.4 Å². The van der Waals surface area contributed by atoms with E-state index in [-0.39, 0.29) is 5.75 Å². The van der Waals surface area contributed by atoms with Crippen LogP contribution in [0.5, 0.6) is 5.75 Å². The molecular formula is C48H43N5O3. The zero-order valence-corrected chi connectivity index (χ0v) is 31.7. The van der Waals surface area contributed by atoms with Gasteiger partial charge in [-0.2, -0.15) is 5.11 Å². The highest BCUT2D eigenvalue weighted by atomic mass is 16.3. The van der Waals surface area contributed by atoms with Gasteiger partial charge in [-0.15, -0.1) is 5.11 Å². The molecule has 0 aromatic heterocycles. The third kappa shape index (κ3) is 9.17. The number of phenols is 1. The number of hydrogen-bond donors (Lipinski definition) is 3. The first-order chi connectivity index (χ1) is 27.2. The Labute approximate surface area is 327 Å². The van der Waals surface area contributed by atoms with Crippen LogP contribution in [0.2, 0.25) is 0 Å². The number of carbonyl (C=O) groups is 2. The number of nitrogens with one attached hydrogen (secondary N) is 2. The summed E-state index contributed by atoms with van der Waals surface area (Å²) in [6.45, 7) is 6.22. The van der Waals surface area contributed by atoms with Crippen LogP contribution >= 0.6 is 0 Å². The summed E-state index contributed by atoms with van der Waals surface area (Å²) in [5.74, 6) is -0.579. The van der Waals surface area contributed by atoms with E-state index in [0.29, 0.717) is 33.4 Å². The van der Waals surface area contributed by atoms with Crippen molar-refractivity contribution in [2.45, 2.75) is 40.0 Å². The topological polar surface area (TPSA) is 106 Å². The van der Waals surface area contributed by atoms with E-state index in [9.17, 15) is 14.7 Å². The molecule has 0 aliphatic heterocycles. The molecule has 0 heterocycles. The average molecular weight is 738 g/mol. The summed E-state index contributed by atoms with van der Waals surface area (Å²) in [6, 6.07) is 48.7. The van der Waals surface area contributed by atoms with E-state index in [2.05, 4.69) is 112 Å². The van der Waals surface area contributed by atoms with Crippen LogP contribution in [-0.4, -0.2) is 17.0 Å². The van der Waals surface area contributed by atoms with Crippen LogP contribution in [-0.2, 0) is 12.8 Å². The summed E-state index contributed by atoms with van der Waals surface area (Å²) in [7, 11) is 0. The normalized spacial score (nSPS) is 11.1. The van der Waals surface area contributed by atoms with E-state index in [1.54, 1.807) is 24.3 Å².